The van der Waals surface area contributed by atoms with Crippen LogP contribution in [-0.4, -0.2) is 51.8 Å². The average molecular weight is 386 g/mol. The predicted octanol–water partition coefficient (Wildman–Crippen LogP) is -1.41. The molecule has 4 N–H and O–H groups in total. The normalized spacial score (nSPS) is 17.3. The molecule has 1 unspecified atom stereocenters. The number of hydrogen-bond donors (Lipinski definition) is 3. The fourth-order valence-corrected chi connectivity index (χ4v) is 2.92. The zero-order valence-electron chi connectivity index (χ0n) is 13.3. The van der Waals surface area contributed by atoms with Crippen molar-refractivity contribution in [2.24, 2.45) is 5.84 Å². The van der Waals surface area contributed by atoms with Crippen molar-refractivity contribution < 1.29 is 37.0 Å². The van der Waals surface area contributed by atoms with Gasteiger partial charge in [0.05, 0.1) is 12.0 Å². The third kappa shape index (κ3) is 4.01. The van der Waals surface area contributed by atoms with E-state index < -0.39 is 39.6 Å². The first-order chi connectivity index (χ1) is 12.0. The minimum atomic E-state index is -4.83. The molecule has 0 aliphatic carbocycles. The fraction of sp³-hybridized carbons (Fsp3) is 0.308. The van der Waals surface area contributed by atoms with Gasteiger partial charge < -0.3 is 10.3 Å². The maximum Gasteiger partial charge on any atom is 0.365 e. The molecule has 26 heavy (non-hydrogen) atoms. The molecule has 2 rings (SSSR count). The standard InChI is InChI=1S/C13H14N4O8S/c1-6(18)2-7-3-10(16-14)15-5-8(7)13(21)25-17-11(19)4-9(12(17)20)26(22,23)24/h3,5,9H,2,4,14H2,1H3,(H,15,16)(H,22,23,24). The van der Waals surface area contributed by atoms with Crippen molar-refractivity contribution in [3.63, 3.8) is 0 Å². The molecule has 13 heteroatoms. The van der Waals surface area contributed by atoms with E-state index in [4.69, 9.17) is 10.4 Å². The fourth-order valence-electron chi connectivity index (χ4n) is 2.22. The third-order valence-corrected chi connectivity index (χ3v) is 4.48. The minimum Gasteiger partial charge on any atom is -0.325 e. The van der Waals surface area contributed by atoms with E-state index in [9.17, 15) is 27.6 Å². The van der Waals surface area contributed by atoms with Crippen molar-refractivity contribution in [1.82, 2.24) is 10.0 Å². The number of aromatic nitrogens is 1. The molecule has 1 atom stereocenters. The maximum absolute atomic E-state index is 12.3. The van der Waals surface area contributed by atoms with E-state index in [-0.39, 0.29) is 34.2 Å². The topological polar surface area (TPSA) is 186 Å². The Bertz CT molecular complexity index is 897. The molecule has 0 spiro atoms. The zero-order valence-corrected chi connectivity index (χ0v) is 14.1. The molecule has 1 saturated heterocycles. The number of Topliss-reactive ketones (excluding diaryl/α,β-unsaturated/α-hetero) is 1. The van der Waals surface area contributed by atoms with Crippen LogP contribution in [0.25, 0.3) is 0 Å². The minimum absolute atomic E-state index is 0.0343. The van der Waals surface area contributed by atoms with Crippen LogP contribution in [0.15, 0.2) is 12.3 Å². The van der Waals surface area contributed by atoms with Crippen LogP contribution >= 0.6 is 0 Å². The van der Waals surface area contributed by atoms with Crippen LogP contribution in [0, 0.1) is 0 Å². The number of nitrogens with two attached hydrogens (primary N) is 1. The van der Waals surface area contributed by atoms with Crippen LogP contribution in [0.3, 0.4) is 0 Å². The summed E-state index contributed by atoms with van der Waals surface area (Å²) >= 11 is 0. The molecule has 140 valence electrons. The summed E-state index contributed by atoms with van der Waals surface area (Å²) in [6.45, 7) is 1.27. The molecular formula is C13H14N4O8S. The number of hydrazine groups is 1. The van der Waals surface area contributed by atoms with Crippen LogP contribution in [0.2, 0.25) is 0 Å². The zero-order chi connectivity index (χ0) is 19.6. The molecule has 12 nitrogen and oxygen atoms in total. The first-order valence-electron chi connectivity index (χ1n) is 7.05. The maximum atomic E-state index is 12.3. The second-order valence-corrected chi connectivity index (χ2v) is 6.96. The van der Waals surface area contributed by atoms with Crippen molar-refractivity contribution in [2.45, 2.75) is 25.0 Å². The molecule has 0 aromatic carbocycles. The number of ketones is 1. The molecular weight excluding hydrogens is 372 g/mol. The number of nitrogen functional groups attached to an aromatic ring is 1. The van der Waals surface area contributed by atoms with Gasteiger partial charge in [-0.2, -0.15) is 8.42 Å². The quantitative estimate of drug-likeness (QED) is 0.225. The van der Waals surface area contributed by atoms with Gasteiger partial charge in [0.1, 0.15) is 11.6 Å². The summed E-state index contributed by atoms with van der Waals surface area (Å²) in [5.41, 5.74) is 2.16. The van der Waals surface area contributed by atoms with Gasteiger partial charge in [-0.3, -0.25) is 18.9 Å². The van der Waals surface area contributed by atoms with Crippen LogP contribution < -0.4 is 11.3 Å². The molecule has 1 fully saturated rings. The molecule has 1 aliphatic heterocycles. The van der Waals surface area contributed by atoms with Crippen molar-refractivity contribution in [3.05, 3.63) is 23.4 Å². The summed E-state index contributed by atoms with van der Waals surface area (Å²) in [6, 6.07) is 1.30. The van der Waals surface area contributed by atoms with E-state index in [1.165, 1.54) is 13.0 Å². The highest BCUT2D eigenvalue weighted by molar-refractivity contribution is 7.87. The highest BCUT2D eigenvalue weighted by atomic mass is 32.2. The lowest BCUT2D eigenvalue weighted by Gasteiger charge is -2.15. The van der Waals surface area contributed by atoms with Crippen LogP contribution in [0.4, 0.5) is 5.82 Å². The summed E-state index contributed by atoms with van der Waals surface area (Å²) in [7, 11) is -4.83. The van der Waals surface area contributed by atoms with E-state index >= 15 is 0 Å². The second-order valence-electron chi connectivity index (χ2n) is 5.36. The Hall–Kier alpha value is -2.90. The Labute approximate surface area is 147 Å². The number of rotatable bonds is 6. The van der Waals surface area contributed by atoms with Crippen LogP contribution in [0.1, 0.15) is 29.3 Å². The third-order valence-electron chi connectivity index (χ3n) is 3.39. The second kappa shape index (κ2) is 7.15. The number of carbonyl (C=O) groups excluding carboxylic acids is 4. The Morgan fingerprint density at radius 2 is 2.12 bits per heavy atom. The summed E-state index contributed by atoms with van der Waals surface area (Å²) in [6.07, 6.45) is -0.0300. The Kier molecular flexibility index (Phi) is 5.34. The molecule has 1 aromatic rings. The lowest BCUT2D eigenvalue weighted by atomic mass is 10.1. The van der Waals surface area contributed by atoms with Gasteiger partial charge in [-0.15, -0.1) is 5.06 Å². The van der Waals surface area contributed by atoms with Gasteiger partial charge in [-0.1, -0.05) is 0 Å². The predicted molar refractivity (Wildman–Crippen MR) is 83.7 cm³/mol. The first kappa shape index (κ1) is 19.4. The van der Waals surface area contributed by atoms with Gasteiger partial charge in [0.15, 0.2) is 5.25 Å². The van der Waals surface area contributed by atoms with E-state index in [1.54, 1.807) is 0 Å². The van der Waals surface area contributed by atoms with Crippen molar-refractivity contribution in [1.29, 1.82) is 0 Å². The Morgan fingerprint density at radius 1 is 1.46 bits per heavy atom. The summed E-state index contributed by atoms with van der Waals surface area (Å²) in [4.78, 5) is 55.7. The summed E-state index contributed by atoms with van der Waals surface area (Å²) in [5.74, 6) is 1.33. The van der Waals surface area contributed by atoms with E-state index in [2.05, 4.69) is 15.2 Å². The number of nitrogens with zero attached hydrogens (tertiary/aromatic N) is 2. The van der Waals surface area contributed by atoms with Crippen molar-refractivity contribution in [3.8, 4) is 0 Å². The van der Waals surface area contributed by atoms with E-state index in [1.807, 2.05) is 0 Å². The van der Waals surface area contributed by atoms with Crippen molar-refractivity contribution >= 4 is 39.5 Å². The highest BCUT2D eigenvalue weighted by Gasteiger charge is 2.48. The molecule has 1 aliphatic rings. The number of amides is 2. The van der Waals surface area contributed by atoms with Gasteiger partial charge in [-0.25, -0.2) is 15.6 Å². The van der Waals surface area contributed by atoms with Gasteiger partial charge >= 0.3 is 5.97 Å². The molecule has 2 heterocycles. The number of anilines is 1. The molecule has 0 bridgehead atoms. The van der Waals surface area contributed by atoms with Gasteiger partial charge in [0.2, 0.25) is 0 Å². The number of imide groups is 1. The monoisotopic (exact) mass is 386 g/mol. The largest absolute Gasteiger partial charge is 0.365 e. The summed E-state index contributed by atoms with van der Waals surface area (Å²) in [5, 5.41) is -2.07. The number of hydrogen-bond acceptors (Lipinski definition) is 10. The van der Waals surface area contributed by atoms with Crippen molar-refractivity contribution in [2.75, 3.05) is 5.43 Å². The summed E-state index contributed by atoms with van der Waals surface area (Å²) < 4.78 is 31.1. The van der Waals surface area contributed by atoms with E-state index in [0.29, 0.717) is 0 Å². The smallest absolute Gasteiger partial charge is 0.325 e. The number of nitrogens with one attached hydrogen (secondary N) is 1. The average Bonchev–Trinajstić information content (AvgIpc) is 2.82. The number of pyridine rings is 1. The van der Waals surface area contributed by atoms with Gasteiger partial charge in [0.25, 0.3) is 21.9 Å². The van der Waals surface area contributed by atoms with Gasteiger partial charge in [0, 0.05) is 12.6 Å². The number of carbonyl (C=O) groups is 4. The lowest BCUT2D eigenvalue weighted by Crippen LogP contribution is -2.37. The van der Waals surface area contributed by atoms with E-state index in [0.717, 1.165) is 6.20 Å². The van der Waals surface area contributed by atoms with Crippen LogP contribution in [0.5, 0.6) is 0 Å². The highest BCUT2D eigenvalue weighted by Crippen LogP contribution is 2.22. The van der Waals surface area contributed by atoms with Crippen LogP contribution in [-0.2, 0) is 35.8 Å². The first-order valence-corrected chi connectivity index (χ1v) is 8.55. The molecule has 1 aromatic heterocycles. The molecule has 0 radical (unpaired) electrons. The Morgan fingerprint density at radius 3 is 2.62 bits per heavy atom. The Balaban J connectivity index is 2.29. The molecule has 0 saturated carbocycles. The van der Waals surface area contributed by atoms with Gasteiger partial charge in [-0.05, 0) is 18.6 Å². The number of hydroxylamine groups is 2. The molecule has 2 amide bonds. The lowest BCUT2D eigenvalue weighted by molar-refractivity contribution is -0.172. The SMILES string of the molecule is CC(=O)Cc1cc(NN)ncc1C(=O)ON1C(=O)CC(S(=O)(=O)O)C1=O.